The van der Waals surface area contributed by atoms with Gasteiger partial charge in [-0.1, -0.05) is 15.9 Å². The van der Waals surface area contributed by atoms with Gasteiger partial charge in [-0.25, -0.2) is 4.98 Å². The Bertz CT molecular complexity index is 584. The summed E-state index contributed by atoms with van der Waals surface area (Å²) < 4.78 is 3.21. The molecular weight excluding hydrogens is 280 g/mol. The Labute approximate surface area is 108 Å². The van der Waals surface area contributed by atoms with Crippen LogP contribution in [0.3, 0.4) is 0 Å². The summed E-state index contributed by atoms with van der Waals surface area (Å²) in [6, 6.07) is 6.12. The van der Waals surface area contributed by atoms with Gasteiger partial charge in [-0.15, -0.1) is 0 Å². The van der Waals surface area contributed by atoms with E-state index in [0.29, 0.717) is 5.92 Å². The number of aldehydes is 1. The first-order valence-electron chi connectivity index (χ1n) is 5.76. The number of fused-ring (bicyclic) bond motifs is 1. The molecule has 0 spiro atoms. The minimum atomic E-state index is 0.242. The van der Waals surface area contributed by atoms with Crippen molar-refractivity contribution in [2.45, 2.75) is 18.8 Å². The smallest absolute Gasteiger partial charge is 0.123 e. The topological polar surface area (TPSA) is 34.9 Å². The van der Waals surface area contributed by atoms with Gasteiger partial charge in [-0.3, -0.25) is 0 Å². The van der Waals surface area contributed by atoms with Gasteiger partial charge in [0, 0.05) is 23.4 Å². The van der Waals surface area contributed by atoms with Crippen LogP contribution in [0.5, 0.6) is 0 Å². The highest BCUT2D eigenvalue weighted by Crippen LogP contribution is 2.40. The van der Waals surface area contributed by atoms with Crippen molar-refractivity contribution in [2.24, 2.45) is 13.0 Å². The van der Waals surface area contributed by atoms with E-state index in [0.717, 1.165) is 40.5 Å². The molecule has 1 saturated carbocycles. The van der Waals surface area contributed by atoms with E-state index in [1.54, 1.807) is 0 Å². The normalized spacial score (nSPS) is 23.6. The molecular formula is C13H13BrN2O. The maximum atomic E-state index is 10.6. The molecule has 3 nitrogen and oxygen atoms in total. The Morgan fingerprint density at radius 2 is 2.24 bits per heavy atom. The number of aryl methyl sites for hydroxylation is 1. The highest BCUT2D eigenvalue weighted by Gasteiger charge is 2.33. The predicted molar refractivity (Wildman–Crippen MR) is 69.9 cm³/mol. The summed E-state index contributed by atoms with van der Waals surface area (Å²) in [5.74, 6) is 1.80. The zero-order valence-electron chi connectivity index (χ0n) is 9.56. The van der Waals surface area contributed by atoms with E-state index in [4.69, 9.17) is 0 Å². The molecule has 1 aromatic heterocycles. The van der Waals surface area contributed by atoms with Gasteiger partial charge in [0.15, 0.2) is 0 Å². The van der Waals surface area contributed by atoms with Crippen LogP contribution in [-0.2, 0) is 11.8 Å². The first kappa shape index (κ1) is 11.0. The lowest BCUT2D eigenvalue weighted by molar-refractivity contribution is -0.113. The second-order valence-corrected chi connectivity index (χ2v) is 5.64. The molecule has 17 heavy (non-hydrogen) atoms. The third-order valence-electron chi connectivity index (χ3n) is 3.61. The van der Waals surface area contributed by atoms with Gasteiger partial charge in [-0.05, 0) is 31.0 Å². The molecule has 0 radical (unpaired) electrons. The molecule has 4 heteroatoms. The highest BCUT2D eigenvalue weighted by atomic mass is 79.9. The Morgan fingerprint density at radius 1 is 1.47 bits per heavy atom. The summed E-state index contributed by atoms with van der Waals surface area (Å²) in [5, 5.41) is 0. The number of carbonyl (C=O) groups is 1. The molecule has 1 aliphatic carbocycles. The van der Waals surface area contributed by atoms with Gasteiger partial charge in [0.1, 0.15) is 12.1 Å². The molecule has 0 amide bonds. The second kappa shape index (κ2) is 3.95. The summed E-state index contributed by atoms with van der Waals surface area (Å²) in [6.45, 7) is 0. The summed E-state index contributed by atoms with van der Waals surface area (Å²) in [6.07, 6.45) is 2.96. The Morgan fingerprint density at radius 3 is 2.94 bits per heavy atom. The zero-order chi connectivity index (χ0) is 12.0. The number of nitrogens with zero attached hydrogens (tertiary/aromatic N) is 2. The van der Waals surface area contributed by atoms with Gasteiger partial charge in [-0.2, -0.15) is 0 Å². The van der Waals surface area contributed by atoms with Crippen molar-refractivity contribution in [3.63, 3.8) is 0 Å². The van der Waals surface area contributed by atoms with E-state index in [9.17, 15) is 4.79 Å². The van der Waals surface area contributed by atoms with Crippen LogP contribution in [0.25, 0.3) is 11.0 Å². The molecule has 0 aliphatic heterocycles. The average Bonchev–Trinajstić information content (AvgIpc) is 2.56. The first-order chi connectivity index (χ1) is 8.19. The third kappa shape index (κ3) is 1.71. The van der Waals surface area contributed by atoms with Crippen LogP contribution in [0.1, 0.15) is 24.6 Å². The minimum absolute atomic E-state index is 0.242. The number of imidazole rings is 1. The van der Waals surface area contributed by atoms with Crippen molar-refractivity contribution >= 4 is 33.2 Å². The number of hydrogen-bond donors (Lipinski definition) is 0. The van der Waals surface area contributed by atoms with E-state index in [1.165, 1.54) is 0 Å². The van der Waals surface area contributed by atoms with Crippen molar-refractivity contribution in [2.75, 3.05) is 0 Å². The molecule has 1 aliphatic rings. The maximum Gasteiger partial charge on any atom is 0.123 e. The fourth-order valence-corrected chi connectivity index (χ4v) is 2.88. The lowest BCUT2D eigenvalue weighted by Crippen LogP contribution is -2.25. The van der Waals surface area contributed by atoms with Crippen LogP contribution in [0.2, 0.25) is 0 Å². The molecule has 1 aromatic carbocycles. The number of rotatable bonds is 2. The van der Waals surface area contributed by atoms with Crippen LogP contribution < -0.4 is 0 Å². The molecule has 1 fully saturated rings. The zero-order valence-corrected chi connectivity index (χ0v) is 11.1. The Hall–Kier alpha value is -1.16. The van der Waals surface area contributed by atoms with Crippen LogP contribution in [0.4, 0.5) is 0 Å². The molecule has 0 saturated heterocycles. The van der Waals surface area contributed by atoms with Crippen molar-refractivity contribution in [3.05, 3.63) is 28.5 Å². The third-order valence-corrected chi connectivity index (χ3v) is 4.10. The molecule has 1 heterocycles. The number of hydrogen-bond acceptors (Lipinski definition) is 2. The molecule has 3 rings (SSSR count). The SMILES string of the molecule is Cn1c(C2CC(C=O)C2)nc2ccc(Br)cc21. The minimum Gasteiger partial charge on any atom is -0.331 e. The molecule has 0 N–H and O–H groups in total. The van der Waals surface area contributed by atoms with E-state index < -0.39 is 0 Å². The number of aromatic nitrogens is 2. The fourth-order valence-electron chi connectivity index (χ4n) is 2.53. The molecule has 2 aromatic rings. The van der Waals surface area contributed by atoms with Crippen LogP contribution >= 0.6 is 15.9 Å². The lowest BCUT2D eigenvalue weighted by Gasteiger charge is -2.30. The van der Waals surface area contributed by atoms with Crippen molar-refractivity contribution in [1.29, 1.82) is 0 Å². The van der Waals surface area contributed by atoms with Gasteiger partial charge in [0.2, 0.25) is 0 Å². The van der Waals surface area contributed by atoms with E-state index in [1.807, 2.05) is 19.2 Å². The largest absolute Gasteiger partial charge is 0.331 e. The number of halogens is 1. The summed E-state index contributed by atoms with van der Waals surface area (Å²) in [7, 11) is 2.05. The molecule has 0 unspecified atom stereocenters. The van der Waals surface area contributed by atoms with E-state index >= 15 is 0 Å². The van der Waals surface area contributed by atoms with E-state index in [-0.39, 0.29) is 5.92 Å². The second-order valence-electron chi connectivity index (χ2n) is 4.73. The van der Waals surface area contributed by atoms with Gasteiger partial charge in [0.25, 0.3) is 0 Å². The van der Waals surface area contributed by atoms with Crippen molar-refractivity contribution in [3.8, 4) is 0 Å². The lowest BCUT2D eigenvalue weighted by atomic mass is 9.75. The van der Waals surface area contributed by atoms with Crippen molar-refractivity contribution < 1.29 is 4.79 Å². The number of carbonyl (C=O) groups excluding carboxylic acids is 1. The van der Waals surface area contributed by atoms with Crippen LogP contribution in [0.15, 0.2) is 22.7 Å². The average molecular weight is 293 g/mol. The van der Waals surface area contributed by atoms with Crippen LogP contribution in [0, 0.1) is 5.92 Å². The van der Waals surface area contributed by atoms with Gasteiger partial charge in [0.05, 0.1) is 11.0 Å². The quantitative estimate of drug-likeness (QED) is 0.798. The summed E-state index contributed by atoms with van der Waals surface area (Å²) in [5.41, 5.74) is 2.17. The summed E-state index contributed by atoms with van der Waals surface area (Å²) >= 11 is 3.48. The van der Waals surface area contributed by atoms with Gasteiger partial charge >= 0.3 is 0 Å². The maximum absolute atomic E-state index is 10.6. The predicted octanol–water partition coefficient (Wildman–Crippen LogP) is 3.03. The fraction of sp³-hybridized carbons (Fsp3) is 0.385. The van der Waals surface area contributed by atoms with E-state index in [2.05, 4.69) is 31.5 Å². The molecule has 88 valence electrons. The van der Waals surface area contributed by atoms with Gasteiger partial charge < -0.3 is 9.36 Å². The first-order valence-corrected chi connectivity index (χ1v) is 6.55. The standard InChI is InChI=1S/C13H13BrN2O/c1-16-12-6-10(14)2-3-11(12)15-13(16)9-4-8(5-9)7-17/h2-3,6-9H,4-5H2,1H3. The molecule has 0 bridgehead atoms. The van der Waals surface area contributed by atoms with Crippen molar-refractivity contribution in [1.82, 2.24) is 9.55 Å². The molecule has 0 atom stereocenters. The Balaban J connectivity index is 2.01. The highest BCUT2D eigenvalue weighted by molar-refractivity contribution is 9.10. The Kier molecular flexibility index (Phi) is 2.54. The number of benzene rings is 1. The monoisotopic (exact) mass is 292 g/mol. The summed E-state index contributed by atoms with van der Waals surface area (Å²) in [4.78, 5) is 15.3. The van der Waals surface area contributed by atoms with Crippen LogP contribution in [-0.4, -0.2) is 15.8 Å².